The number of ether oxygens (including phenoxy) is 1. The van der Waals surface area contributed by atoms with Crippen molar-refractivity contribution in [1.82, 2.24) is 4.90 Å². The molecule has 5 heteroatoms. The van der Waals surface area contributed by atoms with Gasteiger partial charge in [0.15, 0.2) is 0 Å². The average Bonchev–Trinajstić information content (AvgIpc) is 2.48. The van der Waals surface area contributed by atoms with Crippen LogP contribution >= 0.6 is 0 Å². The second-order valence-electron chi connectivity index (χ2n) is 5.45. The number of carbonyl (C=O) groups is 1. The molecule has 116 valence electrons. The van der Waals surface area contributed by atoms with Crippen molar-refractivity contribution in [2.45, 2.75) is 32.7 Å². The normalized spacial score (nSPS) is 16.5. The van der Waals surface area contributed by atoms with Crippen LogP contribution in [-0.2, 0) is 4.79 Å². The van der Waals surface area contributed by atoms with Gasteiger partial charge in [0.05, 0.1) is 12.8 Å². The van der Waals surface area contributed by atoms with Crippen LogP contribution in [0.15, 0.2) is 18.2 Å². The highest BCUT2D eigenvalue weighted by atomic mass is 16.5. The van der Waals surface area contributed by atoms with Gasteiger partial charge in [-0.3, -0.25) is 4.79 Å². The SMILES string of the molecule is CCN1CCC(Nc2cc(NC(C)=O)ccc2OC)CC1. The highest BCUT2D eigenvalue weighted by Crippen LogP contribution is 2.29. The van der Waals surface area contributed by atoms with Crippen molar-refractivity contribution in [2.75, 3.05) is 37.4 Å². The molecule has 1 aliphatic rings. The molecule has 0 atom stereocenters. The van der Waals surface area contributed by atoms with E-state index < -0.39 is 0 Å². The number of amides is 1. The number of piperidine rings is 1. The summed E-state index contributed by atoms with van der Waals surface area (Å²) in [5.41, 5.74) is 1.73. The fraction of sp³-hybridized carbons (Fsp3) is 0.562. The van der Waals surface area contributed by atoms with Crippen molar-refractivity contribution < 1.29 is 9.53 Å². The van der Waals surface area contributed by atoms with Gasteiger partial charge >= 0.3 is 0 Å². The van der Waals surface area contributed by atoms with Crippen LogP contribution in [0.3, 0.4) is 0 Å². The predicted molar refractivity (Wildman–Crippen MR) is 86.1 cm³/mol. The number of rotatable bonds is 5. The molecule has 0 aromatic heterocycles. The molecule has 1 fully saturated rings. The highest BCUT2D eigenvalue weighted by molar-refractivity contribution is 5.89. The fourth-order valence-electron chi connectivity index (χ4n) is 2.72. The summed E-state index contributed by atoms with van der Waals surface area (Å²) in [4.78, 5) is 13.6. The summed E-state index contributed by atoms with van der Waals surface area (Å²) in [5.74, 6) is 0.740. The first-order valence-electron chi connectivity index (χ1n) is 7.57. The topological polar surface area (TPSA) is 53.6 Å². The lowest BCUT2D eigenvalue weighted by molar-refractivity contribution is -0.114. The first kappa shape index (κ1) is 15.6. The van der Waals surface area contributed by atoms with E-state index in [9.17, 15) is 4.79 Å². The minimum atomic E-state index is -0.0672. The molecule has 1 aliphatic heterocycles. The summed E-state index contributed by atoms with van der Waals surface area (Å²) in [6.07, 6.45) is 2.25. The molecule has 5 nitrogen and oxygen atoms in total. The first-order valence-corrected chi connectivity index (χ1v) is 7.57. The number of methoxy groups -OCH3 is 1. The lowest BCUT2D eigenvalue weighted by Gasteiger charge is -2.32. The minimum absolute atomic E-state index is 0.0672. The van der Waals surface area contributed by atoms with Gasteiger partial charge in [-0.2, -0.15) is 0 Å². The van der Waals surface area contributed by atoms with E-state index in [2.05, 4.69) is 22.5 Å². The van der Waals surface area contributed by atoms with Gasteiger partial charge < -0.3 is 20.3 Å². The Kier molecular flexibility index (Phi) is 5.44. The Hall–Kier alpha value is -1.75. The molecule has 0 saturated carbocycles. The number of anilines is 2. The Morgan fingerprint density at radius 1 is 1.38 bits per heavy atom. The van der Waals surface area contributed by atoms with Crippen LogP contribution in [-0.4, -0.2) is 43.6 Å². The van der Waals surface area contributed by atoms with Crippen molar-refractivity contribution in [3.8, 4) is 5.75 Å². The van der Waals surface area contributed by atoms with E-state index in [1.807, 2.05) is 18.2 Å². The van der Waals surface area contributed by atoms with Gasteiger partial charge in [-0.1, -0.05) is 6.92 Å². The summed E-state index contributed by atoms with van der Waals surface area (Å²) in [6.45, 7) is 7.09. The monoisotopic (exact) mass is 291 g/mol. The fourth-order valence-corrected chi connectivity index (χ4v) is 2.72. The van der Waals surface area contributed by atoms with Crippen LogP contribution in [0.5, 0.6) is 5.75 Å². The summed E-state index contributed by atoms with van der Waals surface area (Å²) in [6, 6.07) is 6.13. The van der Waals surface area contributed by atoms with Crippen molar-refractivity contribution >= 4 is 17.3 Å². The minimum Gasteiger partial charge on any atom is -0.495 e. The Bertz CT molecular complexity index is 482. The lowest BCUT2D eigenvalue weighted by atomic mass is 10.0. The number of benzene rings is 1. The third kappa shape index (κ3) is 4.36. The van der Waals surface area contributed by atoms with Gasteiger partial charge in [-0.15, -0.1) is 0 Å². The molecule has 0 spiro atoms. The quantitative estimate of drug-likeness (QED) is 0.875. The number of hydrogen-bond acceptors (Lipinski definition) is 4. The summed E-state index contributed by atoms with van der Waals surface area (Å²) in [7, 11) is 1.66. The van der Waals surface area contributed by atoms with Crippen molar-refractivity contribution in [3.05, 3.63) is 18.2 Å². The van der Waals surface area contributed by atoms with E-state index in [4.69, 9.17) is 4.74 Å². The standard InChI is InChI=1S/C16H25N3O2/c1-4-19-9-7-13(8-10-19)18-15-11-14(17-12(2)20)5-6-16(15)21-3/h5-6,11,13,18H,4,7-10H2,1-3H3,(H,17,20). The summed E-state index contributed by atoms with van der Waals surface area (Å²) >= 11 is 0. The van der Waals surface area contributed by atoms with Crippen LogP contribution < -0.4 is 15.4 Å². The molecule has 0 aliphatic carbocycles. The van der Waals surface area contributed by atoms with Crippen LogP contribution in [0, 0.1) is 0 Å². The molecule has 21 heavy (non-hydrogen) atoms. The maximum absolute atomic E-state index is 11.2. The molecule has 0 unspecified atom stereocenters. The summed E-state index contributed by atoms with van der Waals surface area (Å²) in [5, 5.41) is 6.36. The van der Waals surface area contributed by atoms with Crippen LogP contribution in [0.4, 0.5) is 11.4 Å². The van der Waals surface area contributed by atoms with Gasteiger partial charge in [0.25, 0.3) is 0 Å². The molecular weight excluding hydrogens is 266 g/mol. The predicted octanol–water partition coefficient (Wildman–Crippen LogP) is 2.55. The van der Waals surface area contributed by atoms with E-state index in [0.717, 1.165) is 49.6 Å². The number of nitrogens with one attached hydrogen (secondary N) is 2. The maximum atomic E-state index is 11.2. The Balaban J connectivity index is 2.05. The molecule has 2 rings (SSSR count). The van der Waals surface area contributed by atoms with Gasteiger partial charge in [-0.05, 0) is 37.6 Å². The third-order valence-electron chi connectivity index (χ3n) is 3.91. The zero-order valence-corrected chi connectivity index (χ0v) is 13.1. The number of hydrogen-bond donors (Lipinski definition) is 2. The molecule has 1 heterocycles. The Morgan fingerprint density at radius 3 is 2.67 bits per heavy atom. The lowest BCUT2D eigenvalue weighted by Crippen LogP contribution is -2.38. The highest BCUT2D eigenvalue weighted by Gasteiger charge is 2.19. The largest absolute Gasteiger partial charge is 0.495 e. The van der Waals surface area contributed by atoms with Gasteiger partial charge in [0, 0.05) is 31.7 Å². The second kappa shape index (κ2) is 7.31. The van der Waals surface area contributed by atoms with Crippen LogP contribution in [0.25, 0.3) is 0 Å². The summed E-state index contributed by atoms with van der Waals surface area (Å²) < 4.78 is 5.40. The number of likely N-dealkylation sites (tertiary alicyclic amines) is 1. The zero-order chi connectivity index (χ0) is 15.2. The molecular formula is C16H25N3O2. The maximum Gasteiger partial charge on any atom is 0.221 e. The molecule has 2 N–H and O–H groups in total. The van der Waals surface area contributed by atoms with Gasteiger partial charge in [0.2, 0.25) is 5.91 Å². The van der Waals surface area contributed by atoms with Crippen molar-refractivity contribution in [2.24, 2.45) is 0 Å². The molecule has 0 bridgehead atoms. The van der Waals surface area contributed by atoms with E-state index in [1.165, 1.54) is 6.92 Å². The van der Waals surface area contributed by atoms with Crippen molar-refractivity contribution in [3.63, 3.8) is 0 Å². The molecule has 0 radical (unpaired) electrons. The average molecular weight is 291 g/mol. The Labute approximate surface area is 126 Å². The van der Waals surface area contributed by atoms with Crippen LogP contribution in [0.1, 0.15) is 26.7 Å². The van der Waals surface area contributed by atoms with Gasteiger partial charge in [0.1, 0.15) is 5.75 Å². The molecule has 1 saturated heterocycles. The van der Waals surface area contributed by atoms with E-state index in [1.54, 1.807) is 7.11 Å². The van der Waals surface area contributed by atoms with E-state index >= 15 is 0 Å². The first-order chi connectivity index (χ1) is 10.1. The second-order valence-corrected chi connectivity index (χ2v) is 5.45. The van der Waals surface area contributed by atoms with Gasteiger partial charge in [-0.25, -0.2) is 0 Å². The number of carbonyl (C=O) groups excluding carboxylic acids is 1. The molecule has 1 aromatic carbocycles. The zero-order valence-electron chi connectivity index (χ0n) is 13.1. The molecule has 1 aromatic rings. The smallest absolute Gasteiger partial charge is 0.221 e. The Morgan fingerprint density at radius 2 is 2.10 bits per heavy atom. The number of nitrogens with zero attached hydrogens (tertiary/aromatic N) is 1. The third-order valence-corrected chi connectivity index (χ3v) is 3.91. The van der Waals surface area contributed by atoms with E-state index in [-0.39, 0.29) is 5.91 Å². The van der Waals surface area contributed by atoms with Crippen LogP contribution in [0.2, 0.25) is 0 Å². The van der Waals surface area contributed by atoms with E-state index in [0.29, 0.717) is 6.04 Å². The molecule has 1 amide bonds. The van der Waals surface area contributed by atoms with Crippen molar-refractivity contribution in [1.29, 1.82) is 0 Å².